The molecule has 2 nitrogen and oxygen atoms in total. The molecule has 4 aromatic carbocycles. The molecule has 0 radical (unpaired) electrons. The first-order valence-corrected chi connectivity index (χ1v) is 11.1. The molecule has 2 heteroatoms. The summed E-state index contributed by atoms with van der Waals surface area (Å²) in [5, 5.41) is 2.15. The van der Waals surface area contributed by atoms with Crippen molar-refractivity contribution in [2.24, 2.45) is 0 Å². The van der Waals surface area contributed by atoms with E-state index < -0.39 is 0 Å². The van der Waals surface area contributed by atoms with Gasteiger partial charge in [-0.15, -0.1) is 0 Å². The van der Waals surface area contributed by atoms with Gasteiger partial charge in [-0.2, -0.15) is 0 Å². The van der Waals surface area contributed by atoms with E-state index in [1.807, 2.05) is 36.5 Å². The van der Waals surface area contributed by atoms with Gasteiger partial charge in [0.05, 0.1) is 0 Å². The van der Waals surface area contributed by atoms with E-state index in [2.05, 4.69) is 91.0 Å². The van der Waals surface area contributed by atoms with E-state index in [1.54, 1.807) is 0 Å². The van der Waals surface area contributed by atoms with Crippen molar-refractivity contribution in [1.82, 2.24) is 4.98 Å². The van der Waals surface area contributed by atoms with Gasteiger partial charge in [-0.05, 0) is 22.8 Å². The van der Waals surface area contributed by atoms with Crippen molar-refractivity contribution in [3.05, 3.63) is 128 Å². The molecule has 0 N–H and O–H groups in total. The zero-order valence-electron chi connectivity index (χ0n) is 18.0. The molecule has 2 aromatic heterocycles. The third kappa shape index (κ3) is 3.42. The topological polar surface area (TPSA) is 26.0 Å². The van der Waals surface area contributed by atoms with E-state index >= 15 is 0 Å². The van der Waals surface area contributed by atoms with Crippen LogP contribution in [0.4, 0.5) is 0 Å². The highest BCUT2D eigenvalue weighted by atomic mass is 16.3. The van der Waals surface area contributed by atoms with Crippen molar-refractivity contribution in [2.75, 3.05) is 0 Å². The number of benzene rings is 4. The predicted molar refractivity (Wildman–Crippen MR) is 136 cm³/mol. The Morgan fingerprint density at radius 3 is 1.64 bits per heavy atom. The summed E-state index contributed by atoms with van der Waals surface area (Å²) in [6.07, 6.45) is 1.83. The lowest BCUT2D eigenvalue weighted by Crippen LogP contribution is -1.87. The summed E-state index contributed by atoms with van der Waals surface area (Å²) in [4.78, 5) is 4.77. The Kier molecular flexibility index (Phi) is 4.82. The van der Waals surface area contributed by atoms with Crippen LogP contribution in [-0.4, -0.2) is 4.98 Å². The van der Waals surface area contributed by atoms with E-state index in [0.717, 1.165) is 55.8 Å². The summed E-state index contributed by atoms with van der Waals surface area (Å²) >= 11 is 0. The second-order valence-electron chi connectivity index (χ2n) is 7.98. The Morgan fingerprint density at radius 2 is 0.939 bits per heavy atom. The molecule has 6 rings (SSSR count). The van der Waals surface area contributed by atoms with Crippen molar-refractivity contribution in [2.45, 2.75) is 0 Å². The minimum absolute atomic E-state index is 0.794. The highest BCUT2D eigenvalue weighted by Crippen LogP contribution is 2.43. The maximum absolute atomic E-state index is 6.70. The standard InChI is InChI=1S/C31H21NO/c1-3-12-22(13-4-1)24-16-7-8-17-26(24)30-27-18-9-10-19-28(27)31(33-30)29-25(20-11-21-32-29)23-14-5-2-6-15-23/h1-21H. The average molecular weight is 424 g/mol. The molecular weight excluding hydrogens is 402 g/mol. The molecule has 0 saturated heterocycles. The molecule has 0 aliphatic carbocycles. The molecule has 0 amide bonds. The van der Waals surface area contributed by atoms with Gasteiger partial charge in [-0.3, -0.25) is 4.98 Å². The molecular formula is C31H21NO. The van der Waals surface area contributed by atoms with E-state index in [9.17, 15) is 0 Å². The lowest BCUT2D eigenvalue weighted by Gasteiger charge is -2.09. The number of hydrogen-bond acceptors (Lipinski definition) is 2. The molecule has 0 saturated carbocycles. The second kappa shape index (κ2) is 8.25. The molecule has 0 aliphatic rings. The summed E-state index contributed by atoms with van der Waals surface area (Å²) in [6, 6.07) is 41.7. The smallest absolute Gasteiger partial charge is 0.161 e. The number of nitrogens with zero attached hydrogens (tertiary/aromatic N) is 1. The summed E-state index contributed by atoms with van der Waals surface area (Å²) in [5.74, 6) is 1.66. The summed E-state index contributed by atoms with van der Waals surface area (Å²) in [7, 11) is 0. The molecule has 0 bridgehead atoms. The second-order valence-corrected chi connectivity index (χ2v) is 7.98. The molecule has 156 valence electrons. The van der Waals surface area contributed by atoms with Gasteiger partial charge < -0.3 is 4.42 Å². The number of pyridine rings is 1. The summed E-state index contributed by atoms with van der Waals surface area (Å²) in [6.45, 7) is 0. The van der Waals surface area contributed by atoms with Crippen LogP contribution in [-0.2, 0) is 0 Å². The maximum Gasteiger partial charge on any atom is 0.161 e. The first-order chi connectivity index (χ1) is 16.4. The fraction of sp³-hybridized carbons (Fsp3) is 0. The molecule has 2 heterocycles. The van der Waals surface area contributed by atoms with Crippen LogP contribution in [0.1, 0.15) is 0 Å². The van der Waals surface area contributed by atoms with Gasteiger partial charge in [0.15, 0.2) is 5.76 Å². The van der Waals surface area contributed by atoms with Gasteiger partial charge >= 0.3 is 0 Å². The number of fused-ring (bicyclic) bond motifs is 1. The van der Waals surface area contributed by atoms with Crippen LogP contribution in [0.5, 0.6) is 0 Å². The number of hydrogen-bond donors (Lipinski definition) is 0. The van der Waals surface area contributed by atoms with E-state index in [1.165, 1.54) is 0 Å². The minimum Gasteiger partial charge on any atom is -0.453 e. The Morgan fingerprint density at radius 1 is 0.424 bits per heavy atom. The number of aromatic nitrogens is 1. The van der Waals surface area contributed by atoms with E-state index in [4.69, 9.17) is 9.40 Å². The summed E-state index contributed by atoms with van der Waals surface area (Å²) in [5.41, 5.74) is 6.41. The highest BCUT2D eigenvalue weighted by Gasteiger charge is 2.21. The van der Waals surface area contributed by atoms with Crippen LogP contribution >= 0.6 is 0 Å². The minimum atomic E-state index is 0.794. The van der Waals surface area contributed by atoms with Crippen molar-refractivity contribution < 1.29 is 4.42 Å². The van der Waals surface area contributed by atoms with Crippen molar-refractivity contribution in [3.63, 3.8) is 0 Å². The van der Waals surface area contributed by atoms with Crippen LogP contribution in [0.15, 0.2) is 132 Å². The zero-order chi connectivity index (χ0) is 22.0. The fourth-order valence-electron chi connectivity index (χ4n) is 4.45. The maximum atomic E-state index is 6.70. The van der Waals surface area contributed by atoms with Crippen LogP contribution in [0.25, 0.3) is 55.8 Å². The predicted octanol–water partition coefficient (Wildman–Crippen LogP) is 8.50. The first kappa shape index (κ1) is 19.3. The quantitative estimate of drug-likeness (QED) is 0.284. The first-order valence-electron chi connectivity index (χ1n) is 11.1. The third-order valence-electron chi connectivity index (χ3n) is 5.98. The SMILES string of the molecule is c1ccc(-c2ccccc2-c2oc(-c3ncccc3-c3ccccc3)c3ccccc23)cc1. The largest absolute Gasteiger partial charge is 0.453 e. The molecule has 0 aliphatic heterocycles. The van der Waals surface area contributed by atoms with Gasteiger partial charge in [-0.1, -0.05) is 115 Å². The third-order valence-corrected chi connectivity index (χ3v) is 5.98. The average Bonchev–Trinajstić information content (AvgIpc) is 3.29. The normalized spacial score (nSPS) is 11.0. The molecule has 6 aromatic rings. The monoisotopic (exact) mass is 423 g/mol. The summed E-state index contributed by atoms with van der Waals surface area (Å²) < 4.78 is 6.70. The Balaban J connectivity index is 1.61. The van der Waals surface area contributed by atoms with Crippen molar-refractivity contribution >= 4 is 10.8 Å². The van der Waals surface area contributed by atoms with Gasteiger partial charge in [0.25, 0.3) is 0 Å². The van der Waals surface area contributed by atoms with Crippen LogP contribution in [0.3, 0.4) is 0 Å². The van der Waals surface area contributed by atoms with Crippen LogP contribution < -0.4 is 0 Å². The Hall–Kier alpha value is -4.43. The van der Waals surface area contributed by atoms with E-state index in [0.29, 0.717) is 0 Å². The van der Waals surface area contributed by atoms with Crippen molar-refractivity contribution in [3.8, 4) is 45.0 Å². The molecule has 0 unspecified atom stereocenters. The highest BCUT2D eigenvalue weighted by molar-refractivity contribution is 6.05. The molecule has 0 spiro atoms. The fourth-order valence-corrected chi connectivity index (χ4v) is 4.45. The molecule has 0 fully saturated rings. The van der Waals surface area contributed by atoms with Gasteiger partial charge in [0.1, 0.15) is 11.5 Å². The molecule has 33 heavy (non-hydrogen) atoms. The van der Waals surface area contributed by atoms with Crippen LogP contribution in [0, 0.1) is 0 Å². The Bertz CT molecular complexity index is 1430. The number of furan rings is 1. The molecule has 0 atom stereocenters. The van der Waals surface area contributed by atoms with E-state index in [-0.39, 0.29) is 0 Å². The zero-order valence-corrected chi connectivity index (χ0v) is 18.0. The van der Waals surface area contributed by atoms with Crippen molar-refractivity contribution in [1.29, 1.82) is 0 Å². The van der Waals surface area contributed by atoms with Gasteiger partial charge in [0.2, 0.25) is 0 Å². The lowest BCUT2D eigenvalue weighted by molar-refractivity contribution is 0.600. The van der Waals surface area contributed by atoms with Gasteiger partial charge in [-0.25, -0.2) is 0 Å². The van der Waals surface area contributed by atoms with Gasteiger partial charge in [0, 0.05) is 28.1 Å². The van der Waals surface area contributed by atoms with Crippen LogP contribution in [0.2, 0.25) is 0 Å². The Labute approximate surface area is 192 Å². The lowest BCUT2D eigenvalue weighted by atomic mass is 9.96. The number of rotatable bonds is 4.